The molecule has 138 valence electrons. The van der Waals surface area contributed by atoms with Crippen molar-refractivity contribution in [1.29, 1.82) is 0 Å². The first kappa shape index (κ1) is 18.3. The maximum absolute atomic E-state index is 13.2. The summed E-state index contributed by atoms with van der Waals surface area (Å²) in [7, 11) is 0. The highest BCUT2D eigenvalue weighted by Crippen LogP contribution is 2.31. The number of carbonyl (C=O) groups is 1. The van der Waals surface area contributed by atoms with Gasteiger partial charge in [0.05, 0.1) is 13.2 Å². The van der Waals surface area contributed by atoms with Crippen LogP contribution in [0.5, 0.6) is 11.5 Å². The summed E-state index contributed by atoms with van der Waals surface area (Å²) in [5, 5.41) is 0. The van der Waals surface area contributed by atoms with Gasteiger partial charge in [0.15, 0.2) is 11.5 Å². The van der Waals surface area contributed by atoms with Crippen molar-refractivity contribution in [2.75, 3.05) is 19.8 Å². The first-order valence-corrected chi connectivity index (χ1v) is 9.28. The lowest BCUT2D eigenvalue weighted by Crippen LogP contribution is -2.34. The lowest BCUT2D eigenvalue weighted by molar-refractivity contribution is 0.0722. The van der Waals surface area contributed by atoms with Crippen LogP contribution < -0.4 is 9.47 Å². The molecular formula is C22H27NO3. The fourth-order valence-corrected chi connectivity index (χ4v) is 3.13. The first-order valence-electron chi connectivity index (χ1n) is 9.28. The largest absolute Gasteiger partial charge is 0.490 e. The van der Waals surface area contributed by atoms with Gasteiger partial charge in [-0.05, 0) is 42.2 Å². The number of rotatable bonds is 5. The average Bonchev–Trinajstić information content (AvgIpc) is 2.86. The maximum Gasteiger partial charge on any atom is 0.254 e. The minimum atomic E-state index is 0.0256. The highest BCUT2D eigenvalue weighted by molar-refractivity contribution is 5.95. The molecule has 0 aliphatic carbocycles. The third-order valence-corrected chi connectivity index (χ3v) is 4.49. The van der Waals surface area contributed by atoms with Crippen LogP contribution in [-0.4, -0.2) is 30.6 Å². The van der Waals surface area contributed by atoms with Crippen molar-refractivity contribution >= 4 is 5.91 Å². The molecule has 2 aromatic rings. The fourth-order valence-electron chi connectivity index (χ4n) is 3.13. The Morgan fingerprint density at radius 1 is 1.08 bits per heavy atom. The predicted octanol–water partition coefficient (Wildman–Crippen LogP) is 4.45. The maximum atomic E-state index is 13.2. The SMILES string of the molecule is Cc1ccccc1CN(CC(C)C)C(=O)c1ccc2c(c1)OCCCO2. The van der Waals surface area contributed by atoms with Crippen molar-refractivity contribution < 1.29 is 14.3 Å². The molecule has 0 spiro atoms. The molecule has 4 nitrogen and oxygen atoms in total. The highest BCUT2D eigenvalue weighted by atomic mass is 16.5. The molecule has 4 heteroatoms. The van der Waals surface area contributed by atoms with E-state index in [4.69, 9.17) is 9.47 Å². The van der Waals surface area contributed by atoms with E-state index in [1.165, 1.54) is 11.1 Å². The zero-order valence-corrected chi connectivity index (χ0v) is 15.8. The number of carbonyl (C=O) groups excluding carboxylic acids is 1. The van der Waals surface area contributed by atoms with Gasteiger partial charge >= 0.3 is 0 Å². The minimum absolute atomic E-state index is 0.0256. The van der Waals surface area contributed by atoms with Gasteiger partial charge in [0, 0.05) is 25.1 Å². The summed E-state index contributed by atoms with van der Waals surface area (Å²) < 4.78 is 11.4. The molecule has 0 saturated heterocycles. The van der Waals surface area contributed by atoms with E-state index in [2.05, 4.69) is 32.9 Å². The van der Waals surface area contributed by atoms with E-state index in [-0.39, 0.29) is 5.91 Å². The number of amides is 1. The van der Waals surface area contributed by atoms with Gasteiger partial charge in [-0.3, -0.25) is 4.79 Å². The lowest BCUT2D eigenvalue weighted by Gasteiger charge is -2.26. The van der Waals surface area contributed by atoms with E-state index < -0.39 is 0 Å². The first-order chi connectivity index (χ1) is 12.5. The molecule has 0 atom stereocenters. The second-order valence-electron chi connectivity index (χ2n) is 7.22. The van der Waals surface area contributed by atoms with Crippen molar-refractivity contribution in [1.82, 2.24) is 4.90 Å². The van der Waals surface area contributed by atoms with Gasteiger partial charge in [-0.15, -0.1) is 0 Å². The van der Waals surface area contributed by atoms with E-state index in [0.717, 1.165) is 6.42 Å². The van der Waals surface area contributed by atoms with E-state index in [1.807, 2.05) is 35.2 Å². The Balaban J connectivity index is 1.85. The third kappa shape index (κ3) is 4.37. The lowest BCUT2D eigenvalue weighted by atomic mass is 10.1. The number of aryl methyl sites for hydroxylation is 1. The molecule has 0 aromatic heterocycles. The van der Waals surface area contributed by atoms with Crippen LogP contribution in [0, 0.1) is 12.8 Å². The molecule has 0 unspecified atom stereocenters. The number of hydrogen-bond acceptors (Lipinski definition) is 3. The number of fused-ring (bicyclic) bond motifs is 1. The van der Waals surface area contributed by atoms with Crippen molar-refractivity contribution in [2.45, 2.75) is 33.7 Å². The van der Waals surface area contributed by atoms with Crippen molar-refractivity contribution in [2.24, 2.45) is 5.92 Å². The van der Waals surface area contributed by atoms with E-state index >= 15 is 0 Å². The molecule has 1 aliphatic heterocycles. The summed E-state index contributed by atoms with van der Waals surface area (Å²) in [6.07, 6.45) is 0.852. The molecule has 1 amide bonds. The molecule has 0 saturated carbocycles. The number of benzene rings is 2. The summed E-state index contributed by atoms with van der Waals surface area (Å²) in [5.41, 5.74) is 3.02. The molecule has 1 aliphatic rings. The van der Waals surface area contributed by atoms with Gasteiger partial charge in [-0.2, -0.15) is 0 Å². The van der Waals surface area contributed by atoms with Crippen LogP contribution in [0.1, 0.15) is 41.8 Å². The normalized spacial score (nSPS) is 13.4. The molecule has 2 aromatic carbocycles. The van der Waals surface area contributed by atoms with Gasteiger partial charge in [-0.25, -0.2) is 0 Å². The molecule has 1 heterocycles. The molecule has 26 heavy (non-hydrogen) atoms. The average molecular weight is 353 g/mol. The Hall–Kier alpha value is -2.49. The van der Waals surface area contributed by atoms with E-state index in [9.17, 15) is 4.79 Å². The molecule has 0 radical (unpaired) electrons. The summed E-state index contributed by atoms with van der Waals surface area (Å²) in [5.74, 6) is 1.79. The zero-order chi connectivity index (χ0) is 18.5. The topological polar surface area (TPSA) is 38.8 Å². The van der Waals surface area contributed by atoms with Gasteiger partial charge in [-0.1, -0.05) is 38.1 Å². The molecule has 0 bridgehead atoms. The van der Waals surface area contributed by atoms with Crippen molar-refractivity contribution in [3.05, 3.63) is 59.2 Å². The van der Waals surface area contributed by atoms with Gasteiger partial charge in [0.2, 0.25) is 0 Å². The van der Waals surface area contributed by atoms with Crippen LogP contribution in [0.25, 0.3) is 0 Å². The monoisotopic (exact) mass is 353 g/mol. The molecule has 3 rings (SSSR count). The van der Waals surface area contributed by atoms with Crippen LogP contribution >= 0.6 is 0 Å². The van der Waals surface area contributed by atoms with Crippen molar-refractivity contribution in [3.8, 4) is 11.5 Å². The minimum Gasteiger partial charge on any atom is -0.490 e. The predicted molar refractivity (Wildman–Crippen MR) is 103 cm³/mol. The van der Waals surface area contributed by atoms with Crippen LogP contribution in [0.2, 0.25) is 0 Å². The summed E-state index contributed by atoms with van der Waals surface area (Å²) in [6.45, 7) is 8.93. The van der Waals surface area contributed by atoms with Crippen LogP contribution in [0.4, 0.5) is 0 Å². The zero-order valence-electron chi connectivity index (χ0n) is 15.8. The van der Waals surface area contributed by atoms with Crippen molar-refractivity contribution in [3.63, 3.8) is 0 Å². The molecular weight excluding hydrogens is 326 g/mol. The standard InChI is InChI=1S/C22H27NO3/c1-16(2)14-23(15-19-8-5-4-7-17(19)3)22(24)18-9-10-20-21(13-18)26-12-6-11-25-20/h4-5,7-10,13,16H,6,11-12,14-15H2,1-3H3. The van der Waals surface area contributed by atoms with E-state index in [0.29, 0.717) is 49.3 Å². The molecule has 0 N–H and O–H groups in total. The number of hydrogen-bond donors (Lipinski definition) is 0. The summed E-state index contributed by atoms with van der Waals surface area (Å²) in [6, 6.07) is 13.7. The smallest absolute Gasteiger partial charge is 0.254 e. The summed E-state index contributed by atoms with van der Waals surface area (Å²) >= 11 is 0. The van der Waals surface area contributed by atoms with Crippen LogP contribution in [0.3, 0.4) is 0 Å². The Bertz CT molecular complexity index is 770. The Morgan fingerprint density at radius 3 is 2.54 bits per heavy atom. The Labute approximate surface area is 155 Å². The fraction of sp³-hybridized carbons (Fsp3) is 0.409. The van der Waals surface area contributed by atoms with Crippen LogP contribution in [-0.2, 0) is 6.54 Å². The van der Waals surface area contributed by atoms with Gasteiger partial charge in [0.25, 0.3) is 5.91 Å². The summed E-state index contributed by atoms with van der Waals surface area (Å²) in [4.78, 5) is 15.1. The van der Waals surface area contributed by atoms with E-state index in [1.54, 1.807) is 0 Å². The number of ether oxygens (including phenoxy) is 2. The Morgan fingerprint density at radius 2 is 1.81 bits per heavy atom. The Kier molecular flexibility index (Phi) is 5.82. The molecule has 0 fully saturated rings. The second-order valence-corrected chi connectivity index (χ2v) is 7.22. The van der Waals surface area contributed by atoms with Gasteiger partial charge < -0.3 is 14.4 Å². The van der Waals surface area contributed by atoms with Crippen LogP contribution in [0.15, 0.2) is 42.5 Å². The third-order valence-electron chi connectivity index (χ3n) is 4.49. The number of nitrogens with zero attached hydrogens (tertiary/aromatic N) is 1. The highest BCUT2D eigenvalue weighted by Gasteiger charge is 2.20. The quantitative estimate of drug-likeness (QED) is 0.797. The second kappa shape index (κ2) is 8.26. The van der Waals surface area contributed by atoms with Gasteiger partial charge in [0.1, 0.15) is 0 Å².